The molecule has 4 N–H and O–H groups in total. The van der Waals surface area contributed by atoms with Crippen molar-refractivity contribution in [3.05, 3.63) is 72.1 Å². The van der Waals surface area contributed by atoms with Crippen molar-refractivity contribution in [1.29, 1.82) is 0 Å². The van der Waals surface area contributed by atoms with Crippen LogP contribution in [0.2, 0.25) is 0 Å². The van der Waals surface area contributed by atoms with Crippen molar-refractivity contribution in [3.63, 3.8) is 0 Å². The molecule has 0 fully saturated rings. The fraction of sp³-hybridized carbons (Fsp3) is 0.200. The Kier molecular flexibility index (Phi) is 21.9. The number of hydrogen-bond donors (Lipinski definition) is 0. The van der Waals surface area contributed by atoms with Gasteiger partial charge in [0, 0.05) is 18.9 Å². The summed E-state index contributed by atoms with van der Waals surface area (Å²) in [5.74, 6) is -3.33. The zero-order chi connectivity index (χ0) is 29.9. The molecule has 16 nitrogen and oxygen atoms in total. The molecule has 0 spiro atoms. The van der Waals surface area contributed by atoms with Crippen LogP contribution < -0.4 is 34.0 Å². The zero-order valence-electron chi connectivity index (χ0n) is 22.8. The van der Waals surface area contributed by atoms with E-state index in [1.165, 1.54) is 12.1 Å². The van der Waals surface area contributed by atoms with E-state index in [-0.39, 0.29) is 57.3 Å². The number of aromatic nitrogens is 2. The van der Waals surface area contributed by atoms with Crippen LogP contribution in [0.25, 0.3) is 11.4 Å². The molecule has 0 amide bonds. The standard InChI is InChI=1S/C13H19N3O3.C12H6N2O2.ClHO4.2Cu.2H2O/c1-16(2)9-5-8-14-12(18)13(19)15-10-6-3-4-7-11(10)17;15-11-7-3-1-5-13-9(7)10-8(12(11)16)4-2-6-14-10;2-1(3,4)5;;;;/h3-4,6-7,17H,5,8-9H2,1-2H3,(H,14,18)(H,15,19);1-6H;(H,2,3,4,5);;;2*1H2/q;;;2*+2;;/p-4. The first-order valence-corrected chi connectivity index (χ1v) is 12.5. The number of aliphatic imine (C=N–C) groups is 2. The van der Waals surface area contributed by atoms with Gasteiger partial charge >= 0.3 is 34.1 Å². The van der Waals surface area contributed by atoms with Gasteiger partial charge in [0.15, 0.2) is 0 Å². The number of carbonyl (C=O) groups excluding carboxylic acids is 2. The topological polar surface area (TPSA) is 312 Å². The summed E-state index contributed by atoms with van der Waals surface area (Å²) in [5.41, 5.74) is 1.60. The fourth-order valence-corrected chi connectivity index (χ4v) is 3.14. The third-order valence-electron chi connectivity index (χ3n) is 4.82. The number of benzene rings is 1. The second-order valence-corrected chi connectivity index (χ2v) is 8.82. The molecule has 19 heteroatoms. The molecule has 0 atom stereocenters. The molecule has 2 aromatic heterocycles. The van der Waals surface area contributed by atoms with E-state index < -0.39 is 39.4 Å². The monoisotopic (exact) mass is 733 g/mol. The summed E-state index contributed by atoms with van der Waals surface area (Å²) in [7, 11) is -1.12. The van der Waals surface area contributed by atoms with Gasteiger partial charge in [0.05, 0.1) is 16.8 Å². The first kappa shape index (κ1) is 45.1. The molecular weight excluding hydrogens is 709 g/mol. The summed E-state index contributed by atoms with van der Waals surface area (Å²) < 4.78 is 34.0. The second kappa shape index (κ2) is 21.4. The number of hydrogen-bond acceptors (Lipinski definition) is 14. The second-order valence-electron chi connectivity index (χ2n) is 8.06. The van der Waals surface area contributed by atoms with Crippen LogP contribution in [0.5, 0.6) is 5.75 Å². The molecule has 0 saturated carbocycles. The van der Waals surface area contributed by atoms with E-state index in [0.29, 0.717) is 28.9 Å². The van der Waals surface area contributed by atoms with Crippen molar-refractivity contribution in [2.45, 2.75) is 6.42 Å². The molecule has 0 bridgehead atoms. The van der Waals surface area contributed by atoms with E-state index in [1.807, 2.05) is 19.0 Å². The van der Waals surface area contributed by atoms with Gasteiger partial charge < -0.3 is 36.2 Å². The summed E-state index contributed by atoms with van der Waals surface area (Å²) in [5, 5.41) is 34.1. The van der Waals surface area contributed by atoms with Crippen molar-refractivity contribution < 1.29 is 98.9 Å². The predicted molar refractivity (Wildman–Crippen MR) is 132 cm³/mol. The average Bonchev–Trinajstić information content (AvgIpc) is 2.90. The molecule has 0 saturated heterocycles. The number of para-hydroxylation sites is 2. The molecule has 44 heavy (non-hydrogen) atoms. The summed E-state index contributed by atoms with van der Waals surface area (Å²) in [6.45, 7) is 1.06. The van der Waals surface area contributed by atoms with Crippen LogP contribution in [-0.2, 0) is 34.1 Å². The van der Waals surface area contributed by atoms with Crippen molar-refractivity contribution in [3.8, 4) is 17.1 Å². The summed E-state index contributed by atoms with van der Waals surface area (Å²) in [4.78, 5) is 40.8. The number of halogens is 1. The number of ketones is 2. The van der Waals surface area contributed by atoms with E-state index >= 15 is 0 Å². The van der Waals surface area contributed by atoms with Crippen molar-refractivity contribution >= 4 is 29.0 Å². The van der Waals surface area contributed by atoms with E-state index in [4.69, 9.17) is 18.6 Å². The molecule has 1 aliphatic rings. The number of rotatable bonds is 5. The Labute approximate surface area is 274 Å². The minimum absolute atomic E-state index is 0. The van der Waals surface area contributed by atoms with E-state index in [0.717, 1.165) is 6.54 Å². The Bertz CT molecular complexity index is 1350. The summed E-state index contributed by atoms with van der Waals surface area (Å²) in [6.07, 6.45) is 3.85. The van der Waals surface area contributed by atoms with Gasteiger partial charge in [-0.15, -0.1) is 10.2 Å². The predicted octanol–water partition coefficient (Wildman–Crippen LogP) is -6.03. The van der Waals surface area contributed by atoms with Crippen LogP contribution >= 0.6 is 0 Å². The van der Waals surface area contributed by atoms with Gasteiger partial charge in [-0.1, -0.05) is 23.9 Å². The zero-order valence-corrected chi connectivity index (χ0v) is 25.4. The van der Waals surface area contributed by atoms with Crippen LogP contribution in [0, 0.1) is 10.2 Å². The number of fused-ring (bicyclic) bond motifs is 3. The average molecular weight is 735 g/mol. The van der Waals surface area contributed by atoms with Gasteiger partial charge in [-0.05, 0) is 69.2 Å². The molecule has 3 aromatic rings. The number of Topliss-reactive ketones (excluding diaryl/α,β-unsaturated/α-hetero) is 2. The van der Waals surface area contributed by atoms with Gasteiger partial charge in [-0.2, -0.15) is 0 Å². The molecule has 246 valence electrons. The fourth-order valence-electron chi connectivity index (χ4n) is 3.14. The van der Waals surface area contributed by atoms with Crippen molar-refractivity contribution in [1.82, 2.24) is 14.9 Å². The smallest absolute Gasteiger partial charge is 0.871 e. The van der Waals surface area contributed by atoms with Gasteiger partial charge in [0.2, 0.25) is 11.6 Å². The molecule has 1 aromatic carbocycles. The van der Waals surface area contributed by atoms with Gasteiger partial charge in [0.1, 0.15) is 11.4 Å². The normalized spacial score (nSPS) is 11.8. The molecule has 1 aliphatic carbocycles. The first-order chi connectivity index (χ1) is 18.8. The summed E-state index contributed by atoms with van der Waals surface area (Å²) >= 11 is 0. The minimum atomic E-state index is -4.94. The Morgan fingerprint density at radius 2 is 1.25 bits per heavy atom. The SMILES string of the molecule is CN(C)CCCN=C([O-])C([O-])=Nc1ccccc1[O-].O.O.O=C1C(=O)c2cccnc2-c2ncccc21.[Cu+2].[Cu+2].[O-][Cl+3]([O-])([O-])[O-]. The number of nitrogens with zero attached hydrogens (tertiary/aromatic N) is 5. The Morgan fingerprint density at radius 1 is 0.795 bits per heavy atom. The van der Waals surface area contributed by atoms with E-state index in [1.54, 1.807) is 48.8 Å². The minimum Gasteiger partial charge on any atom is -0.871 e. The first-order valence-electron chi connectivity index (χ1n) is 11.3. The number of pyridine rings is 2. The Balaban J connectivity index is -0.000000617. The van der Waals surface area contributed by atoms with E-state index in [2.05, 4.69) is 20.0 Å². The van der Waals surface area contributed by atoms with Crippen LogP contribution in [0.3, 0.4) is 0 Å². The maximum Gasteiger partial charge on any atom is 2.00 e. The van der Waals surface area contributed by atoms with Crippen LogP contribution in [-0.4, -0.2) is 76.4 Å². The Morgan fingerprint density at radius 3 is 1.68 bits per heavy atom. The number of carbonyl (C=O) groups is 2. The summed E-state index contributed by atoms with van der Waals surface area (Å²) in [6, 6.07) is 12.3. The molecule has 2 heterocycles. The maximum atomic E-state index is 11.8. The molecule has 0 unspecified atom stereocenters. The third-order valence-corrected chi connectivity index (χ3v) is 4.82. The van der Waals surface area contributed by atoms with Gasteiger partial charge in [0.25, 0.3) is 0 Å². The van der Waals surface area contributed by atoms with Gasteiger partial charge in [-0.25, -0.2) is 18.6 Å². The Hall–Kier alpha value is -3.35. The van der Waals surface area contributed by atoms with Crippen molar-refractivity contribution in [2.24, 2.45) is 9.98 Å². The van der Waals surface area contributed by atoms with Crippen molar-refractivity contribution in [2.75, 3.05) is 27.2 Å². The van der Waals surface area contributed by atoms with Crippen LogP contribution in [0.1, 0.15) is 27.1 Å². The molecule has 2 radical (unpaired) electrons. The van der Waals surface area contributed by atoms with Gasteiger partial charge in [-0.3, -0.25) is 24.5 Å². The van der Waals surface area contributed by atoms with Crippen LogP contribution in [0.4, 0.5) is 5.69 Å². The van der Waals surface area contributed by atoms with Crippen LogP contribution in [0.15, 0.2) is 70.9 Å². The largest absolute Gasteiger partial charge is 2.00 e. The molecule has 0 aliphatic heterocycles. The maximum absolute atomic E-state index is 11.8. The third kappa shape index (κ3) is 14.9. The molecular formula is C25H26ClCu2N5O11. The molecule has 4 rings (SSSR count). The quantitative estimate of drug-likeness (QED) is 0.0778. The van der Waals surface area contributed by atoms with E-state index in [9.17, 15) is 24.9 Å².